The van der Waals surface area contributed by atoms with Gasteiger partial charge in [0.05, 0.1) is 11.0 Å². The summed E-state index contributed by atoms with van der Waals surface area (Å²) in [5.41, 5.74) is -2.61. The Morgan fingerprint density at radius 2 is 1.39 bits per heavy atom. The van der Waals surface area contributed by atoms with E-state index in [-0.39, 0.29) is 5.52 Å². The summed E-state index contributed by atoms with van der Waals surface area (Å²) in [6.07, 6.45) is -3.52. The lowest BCUT2D eigenvalue weighted by molar-refractivity contribution is -0.143. The Balaban J connectivity index is 2.19. The first-order valence-electron chi connectivity index (χ1n) is 9.63. The van der Waals surface area contributed by atoms with Crippen molar-refractivity contribution in [2.45, 2.75) is 32.4 Å². The summed E-state index contributed by atoms with van der Waals surface area (Å²) in [6.45, 7) is 1.95. The van der Waals surface area contributed by atoms with Crippen LogP contribution < -0.4 is 0 Å². The molecule has 0 bridgehead atoms. The van der Waals surface area contributed by atoms with Crippen molar-refractivity contribution < 1.29 is 30.7 Å². The molecule has 4 aromatic rings. The van der Waals surface area contributed by atoms with Crippen LogP contribution in [0.25, 0.3) is 27.5 Å². The van der Waals surface area contributed by atoms with Crippen molar-refractivity contribution in [3.8, 4) is 5.69 Å². The average Bonchev–Trinajstić information content (AvgIpc) is 3.05. The van der Waals surface area contributed by atoms with Crippen LogP contribution in [0.4, 0.5) is 30.7 Å². The van der Waals surface area contributed by atoms with Gasteiger partial charge >= 0.3 is 6.18 Å². The first kappa shape index (κ1) is 21.2. The van der Waals surface area contributed by atoms with Crippen LogP contribution in [0.1, 0.15) is 30.9 Å². The maximum absolute atomic E-state index is 14.9. The number of benzene rings is 3. The molecule has 0 atom stereocenters. The van der Waals surface area contributed by atoms with Crippen molar-refractivity contribution in [3.63, 3.8) is 0 Å². The lowest BCUT2D eigenvalue weighted by Gasteiger charge is -2.17. The van der Waals surface area contributed by atoms with E-state index in [1.807, 2.05) is 6.92 Å². The van der Waals surface area contributed by atoms with Gasteiger partial charge in [0.2, 0.25) is 0 Å². The fourth-order valence-corrected chi connectivity index (χ4v) is 3.96. The third-order valence-electron chi connectivity index (χ3n) is 5.33. The lowest BCUT2D eigenvalue weighted by atomic mass is 10.0. The quantitative estimate of drug-likeness (QED) is 0.227. The second kappa shape index (κ2) is 7.59. The minimum atomic E-state index is -5.60. The second-order valence-corrected chi connectivity index (χ2v) is 7.25. The number of hydrogen-bond donors (Lipinski definition) is 0. The van der Waals surface area contributed by atoms with Gasteiger partial charge in [-0.3, -0.25) is 0 Å². The van der Waals surface area contributed by atoms with E-state index in [0.717, 1.165) is 17.4 Å². The van der Waals surface area contributed by atoms with Gasteiger partial charge in [-0.15, -0.1) is 0 Å². The van der Waals surface area contributed by atoms with Crippen LogP contribution in [0.3, 0.4) is 0 Å². The molecule has 0 amide bonds. The smallest absolute Gasteiger partial charge is 0.304 e. The zero-order chi connectivity index (χ0) is 22.5. The van der Waals surface area contributed by atoms with Gasteiger partial charge in [0.15, 0.2) is 23.3 Å². The second-order valence-electron chi connectivity index (χ2n) is 7.25. The zero-order valence-electron chi connectivity index (χ0n) is 16.3. The molecule has 0 aliphatic heterocycles. The van der Waals surface area contributed by atoms with Crippen LogP contribution in [0.2, 0.25) is 0 Å². The molecule has 0 saturated heterocycles. The Kier molecular flexibility index (Phi) is 5.19. The van der Waals surface area contributed by atoms with E-state index < -0.39 is 40.7 Å². The predicted octanol–water partition coefficient (Wildman–Crippen LogP) is 7.70. The molecule has 1 nitrogen and oxygen atoms in total. The van der Waals surface area contributed by atoms with E-state index >= 15 is 0 Å². The lowest BCUT2D eigenvalue weighted by Crippen LogP contribution is -2.18. The molecule has 162 valence electrons. The highest BCUT2D eigenvalue weighted by Crippen LogP contribution is 2.41. The largest absolute Gasteiger partial charge is 0.422 e. The van der Waals surface area contributed by atoms with E-state index in [2.05, 4.69) is 0 Å². The van der Waals surface area contributed by atoms with E-state index in [0.29, 0.717) is 28.3 Å². The summed E-state index contributed by atoms with van der Waals surface area (Å²) in [7, 11) is 0. The Labute approximate surface area is 172 Å². The van der Waals surface area contributed by atoms with Crippen molar-refractivity contribution in [1.29, 1.82) is 0 Å². The van der Waals surface area contributed by atoms with Crippen molar-refractivity contribution in [2.24, 2.45) is 0 Å². The highest BCUT2D eigenvalue weighted by Gasteiger charge is 2.43. The molecule has 4 rings (SSSR count). The van der Waals surface area contributed by atoms with Gasteiger partial charge in [0.1, 0.15) is 11.3 Å². The van der Waals surface area contributed by atoms with Crippen molar-refractivity contribution >= 4 is 21.8 Å². The van der Waals surface area contributed by atoms with Crippen LogP contribution >= 0.6 is 0 Å². The zero-order valence-corrected chi connectivity index (χ0v) is 16.3. The molecule has 0 spiro atoms. The van der Waals surface area contributed by atoms with Crippen LogP contribution in [0.5, 0.6) is 0 Å². The summed E-state index contributed by atoms with van der Waals surface area (Å²) in [6, 6.07) is 11.6. The van der Waals surface area contributed by atoms with Crippen LogP contribution in [-0.2, 0) is 12.6 Å². The van der Waals surface area contributed by atoms with E-state index in [1.165, 1.54) is 6.07 Å². The van der Waals surface area contributed by atoms with Gasteiger partial charge in [-0.1, -0.05) is 49.7 Å². The third-order valence-corrected chi connectivity index (χ3v) is 5.33. The molecule has 0 unspecified atom stereocenters. The molecule has 1 aromatic heterocycles. The first-order chi connectivity index (χ1) is 14.7. The Morgan fingerprint density at radius 3 is 2.00 bits per heavy atom. The summed E-state index contributed by atoms with van der Waals surface area (Å²) in [4.78, 5) is 0. The van der Waals surface area contributed by atoms with Crippen molar-refractivity contribution in [1.82, 2.24) is 4.57 Å². The molecule has 31 heavy (non-hydrogen) atoms. The number of hydrogen-bond acceptors (Lipinski definition) is 0. The van der Waals surface area contributed by atoms with Crippen LogP contribution in [-0.4, -0.2) is 4.57 Å². The molecule has 0 radical (unpaired) electrons. The third kappa shape index (κ3) is 3.25. The number of fused-ring (bicyclic) bond motifs is 3. The topological polar surface area (TPSA) is 4.93 Å². The number of aromatic nitrogens is 1. The number of halogens is 7. The summed E-state index contributed by atoms with van der Waals surface area (Å²) in [5.74, 6) is -9.14. The Hall–Kier alpha value is -3.03. The van der Waals surface area contributed by atoms with Crippen LogP contribution in [0, 0.1) is 23.3 Å². The predicted molar refractivity (Wildman–Crippen MR) is 104 cm³/mol. The highest BCUT2D eigenvalue weighted by molar-refractivity contribution is 6.10. The fourth-order valence-electron chi connectivity index (χ4n) is 3.96. The van der Waals surface area contributed by atoms with E-state index in [4.69, 9.17) is 0 Å². The maximum Gasteiger partial charge on any atom is 0.422 e. The monoisotopic (exact) mass is 439 g/mol. The van der Waals surface area contributed by atoms with E-state index in [9.17, 15) is 30.7 Å². The van der Waals surface area contributed by atoms with Crippen LogP contribution in [0.15, 0.2) is 42.5 Å². The highest BCUT2D eigenvalue weighted by atomic mass is 19.4. The Bertz CT molecular complexity index is 1270. The van der Waals surface area contributed by atoms with Crippen molar-refractivity contribution in [2.75, 3.05) is 0 Å². The number of nitrogens with zero attached hydrogens (tertiary/aromatic N) is 1. The molecule has 8 heteroatoms. The molecule has 1 heterocycles. The van der Waals surface area contributed by atoms with Gasteiger partial charge in [-0.25, -0.2) is 17.6 Å². The number of rotatable bonds is 4. The summed E-state index contributed by atoms with van der Waals surface area (Å²) in [5, 5.41) is 1.12. The SMILES string of the molecule is CCCCc1cccc2c3ccccc3n(-c3c(F)c(F)c(C(F)(F)F)c(F)c3F)c12. The minimum Gasteiger partial charge on any atom is -0.304 e. The average molecular weight is 439 g/mol. The molecule has 0 aliphatic carbocycles. The standard InChI is InChI=1S/C23H16F7N/c1-2-3-7-12-8-6-10-14-13-9-4-5-11-15(13)31(21(12)14)22-19(26)17(24)16(23(28,29)30)18(25)20(22)27/h4-6,8-11H,2-3,7H2,1H3. The van der Waals surface area contributed by atoms with Gasteiger partial charge < -0.3 is 4.57 Å². The Morgan fingerprint density at radius 1 is 0.774 bits per heavy atom. The number of para-hydroxylation sites is 2. The molecule has 0 N–H and O–H groups in total. The molecule has 3 aromatic carbocycles. The normalized spacial score (nSPS) is 12.3. The van der Waals surface area contributed by atoms with Gasteiger partial charge in [-0.05, 0) is 24.5 Å². The summed E-state index contributed by atoms with van der Waals surface area (Å²) < 4.78 is 98.7. The van der Waals surface area contributed by atoms with Gasteiger partial charge in [0.25, 0.3) is 0 Å². The molecular formula is C23H16F7N. The first-order valence-corrected chi connectivity index (χ1v) is 9.63. The molecular weight excluding hydrogens is 423 g/mol. The fraction of sp³-hybridized carbons (Fsp3) is 0.217. The molecule has 0 saturated carbocycles. The maximum atomic E-state index is 14.9. The molecule has 0 aliphatic rings. The molecule has 0 fully saturated rings. The number of unbranched alkanes of at least 4 members (excludes halogenated alkanes) is 1. The van der Waals surface area contributed by atoms with Crippen molar-refractivity contribution in [3.05, 3.63) is 76.9 Å². The number of aryl methyl sites for hydroxylation is 1. The van der Waals surface area contributed by atoms with Gasteiger partial charge in [-0.2, -0.15) is 13.2 Å². The summed E-state index contributed by atoms with van der Waals surface area (Å²) >= 11 is 0. The van der Waals surface area contributed by atoms with Gasteiger partial charge in [0, 0.05) is 10.8 Å². The minimum absolute atomic E-state index is 0.220. The van der Waals surface area contributed by atoms with E-state index in [1.54, 1.807) is 36.4 Å². The number of alkyl halides is 3.